The molecule has 82 heavy (non-hydrogen) atoms. The Morgan fingerprint density at radius 2 is 0.780 bits per heavy atom. The van der Waals surface area contributed by atoms with E-state index in [0.717, 1.165) is 22.3 Å². The number of hydrogen-bond donors (Lipinski definition) is 5. The van der Waals surface area contributed by atoms with E-state index in [4.69, 9.17) is 38.9 Å². The summed E-state index contributed by atoms with van der Waals surface area (Å²) in [6.07, 6.45) is 4.50. The fraction of sp³-hybridized carbons (Fsp3) is 0.443. The van der Waals surface area contributed by atoms with Crippen LogP contribution < -0.4 is 21.7 Å². The summed E-state index contributed by atoms with van der Waals surface area (Å²) in [5.74, 6) is -0.919. The van der Waals surface area contributed by atoms with Crippen molar-refractivity contribution in [2.45, 2.75) is 130 Å². The van der Waals surface area contributed by atoms with Gasteiger partial charge in [-0.1, -0.05) is 133 Å². The van der Waals surface area contributed by atoms with E-state index in [1.54, 1.807) is 68.4 Å². The summed E-state index contributed by atoms with van der Waals surface area (Å²) in [5.41, 5.74) is 8.13. The maximum Gasteiger partial charge on any atom is 0.408 e. The summed E-state index contributed by atoms with van der Waals surface area (Å²) in [4.78, 5) is 67.9. The highest BCUT2D eigenvalue weighted by Crippen LogP contribution is 2.11. The van der Waals surface area contributed by atoms with Gasteiger partial charge < -0.3 is 74.2 Å². The molecule has 0 radical (unpaired) electrons. The number of hydrogen-bond acceptors (Lipinski definition) is 17. The molecule has 3 amide bonds. The van der Waals surface area contributed by atoms with Crippen molar-refractivity contribution >= 4 is 48.9 Å². The average Bonchev–Trinajstić information content (AvgIpc) is 3.42. The van der Waals surface area contributed by atoms with E-state index in [1.165, 1.54) is 32.4 Å². The number of benzene rings is 4. The van der Waals surface area contributed by atoms with Crippen molar-refractivity contribution in [1.29, 1.82) is 0 Å². The van der Waals surface area contributed by atoms with E-state index in [2.05, 4.69) is 25.4 Å². The fourth-order valence-electron chi connectivity index (χ4n) is 5.92. The zero-order chi connectivity index (χ0) is 60.5. The zero-order valence-corrected chi connectivity index (χ0v) is 50.0. The van der Waals surface area contributed by atoms with E-state index < -0.39 is 65.1 Å². The second-order valence-electron chi connectivity index (χ2n) is 20.6. The number of halogens is 1. The highest BCUT2D eigenvalue weighted by molar-refractivity contribution is 5.85. The maximum atomic E-state index is 11.9. The van der Waals surface area contributed by atoms with Gasteiger partial charge in [-0.15, -0.1) is 12.4 Å². The number of methoxy groups -OCH3 is 2. The van der Waals surface area contributed by atoms with Crippen LogP contribution in [0.4, 0.5) is 14.4 Å². The van der Waals surface area contributed by atoms with Gasteiger partial charge in [-0.2, -0.15) is 0 Å². The molecule has 0 saturated carbocycles. The number of aliphatic hydroxyl groups excluding tert-OH is 1. The van der Waals surface area contributed by atoms with E-state index in [1.807, 2.05) is 121 Å². The van der Waals surface area contributed by atoms with Crippen LogP contribution in [0.5, 0.6) is 0 Å². The molecule has 4 rings (SSSR count). The lowest BCUT2D eigenvalue weighted by molar-refractivity contribution is -0.135. The van der Waals surface area contributed by atoms with E-state index >= 15 is 0 Å². The van der Waals surface area contributed by atoms with Gasteiger partial charge in [-0.25, -0.2) is 24.0 Å². The normalized spacial score (nSPS) is 12.5. The van der Waals surface area contributed by atoms with Crippen LogP contribution >= 0.6 is 12.4 Å². The topological polar surface area (TPSA) is 268 Å². The first-order valence-corrected chi connectivity index (χ1v) is 26.1. The molecule has 0 spiro atoms. The minimum Gasteiger partial charge on any atom is -0.466 e. The van der Waals surface area contributed by atoms with Crippen molar-refractivity contribution in [2.75, 3.05) is 47.3 Å². The molecule has 0 aromatic heterocycles. The SMILES string of the molecule is CC(C)(C)OC(=O)N[C@@H](C=O)COCc1ccccc1.CC(C)(C)OC(=O)N[C@@H](CO)COCc1ccccc1.COC(=O)/C=C\[C@@H](COCc1ccccc1)NC(=O)OC(C)(C)C.COC(=O)/C=C\[C@H](N)COCc1ccccc1.Cl. The van der Waals surface area contributed by atoms with Crippen molar-refractivity contribution in [2.24, 2.45) is 5.73 Å². The van der Waals surface area contributed by atoms with Gasteiger partial charge >= 0.3 is 30.2 Å². The Labute approximate surface area is 490 Å². The highest BCUT2D eigenvalue weighted by atomic mass is 35.5. The van der Waals surface area contributed by atoms with Crippen LogP contribution in [0.2, 0.25) is 0 Å². The Hall–Kier alpha value is -7.17. The first-order chi connectivity index (χ1) is 38.3. The molecule has 4 aromatic carbocycles. The van der Waals surface area contributed by atoms with Gasteiger partial charge in [0.05, 0.1) is 85.8 Å². The molecule has 454 valence electrons. The molecule has 4 aromatic rings. The molecule has 20 nitrogen and oxygen atoms in total. The van der Waals surface area contributed by atoms with Crippen LogP contribution in [0.15, 0.2) is 146 Å². The first kappa shape index (κ1) is 74.8. The third-order valence-electron chi connectivity index (χ3n) is 9.53. The number of aliphatic hydroxyl groups is 1. The number of carbonyl (C=O) groups excluding carboxylic acids is 6. The van der Waals surface area contributed by atoms with Crippen molar-refractivity contribution in [3.8, 4) is 0 Å². The second-order valence-corrected chi connectivity index (χ2v) is 20.6. The number of nitrogens with one attached hydrogen (secondary N) is 3. The molecule has 0 fully saturated rings. The average molecular weight is 1170 g/mol. The van der Waals surface area contributed by atoms with Crippen molar-refractivity contribution in [3.05, 3.63) is 168 Å². The number of aldehydes is 1. The van der Waals surface area contributed by atoms with Gasteiger partial charge in [0, 0.05) is 18.2 Å². The molecular weight excluding hydrogens is 1080 g/mol. The van der Waals surface area contributed by atoms with Crippen molar-refractivity contribution in [3.63, 3.8) is 0 Å². The standard InChI is InChI=1S/C18H25NO5.C15H23NO4.C15H21NO4.C13H17NO3.ClH/c1-18(2,3)24-17(21)19-15(10-11-16(20)22-4)13-23-12-14-8-6-5-7-9-14;2*1-15(2,3)20-14(18)16-13(9-17)11-19-10-12-7-5-4-6-8-12;1-16-13(15)8-7-12(14)10-17-9-11-5-3-2-4-6-11;/h5-11,15H,12-13H2,1-4H3,(H,19,21);4-8,13,17H,9-11H2,1-3H3,(H,16,18);4-9,13H,10-11H2,1-3H3,(H,16,18);2-8,12H,9-10,14H2,1H3;1H/b11-10-;;;8-7-;/t15-;2*13-;12-;/m0000./s1. The third kappa shape index (κ3) is 42.7. The van der Waals surface area contributed by atoms with Crippen LogP contribution in [0, 0.1) is 0 Å². The van der Waals surface area contributed by atoms with E-state index in [9.17, 15) is 33.9 Å². The van der Waals surface area contributed by atoms with Crippen LogP contribution in [0.3, 0.4) is 0 Å². The van der Waals surface area contributed by atoms with Gasteiger partial charge in [0.1, 0.15) is 29.1 Å². The number of alkyl carbamates (subject to hydrolysis) is 3. The number of esters is 2. The van der Waals surface area contributed by atoms with Crippen LogP contribution in [-0.2, 0) is 83.4 Å². The van der Waals surface area contributed by atoms with Crippen molar-refractivity contribution in [1.82, 2.24) is 16.0 Å². The number of nitrogens with two attached hydrogens (primary N) is 1. The lowest BCUT2D eigenvalue weighted by Gasteiger charge is -2.22. The number of ether oxygens (including phenoxy) is 9. The second kappa shape index (κ2) is 42.6. The largest absolute Gasteiger partial charge is 0.466 e. The number of carbonyl (C=O) groups is 6. The summed E-state index contributed by atoms with van der Waals surface area (Å²) in [5, 5.41) is 16.9. The number of rotatable bonds is 25. The van der Waals surface area contributed by atoms with Crippen molar-refractivity contribution < 1.29 is 76.5 Å². The Morgan fingerprint density at radius 1 is 0.476 bits per heavy atom. The van der Waals surface area contributed by atoms with Gasteiger partial charge in [-0.05, 0) is 84.6 Å². The Kier molecular flexibility index (Phi) is 38.9. The minimum absolute atomic E-state index is 0. The molecule has 4 atom stereocenters. The maximum absolute atomic E-state index is 11.9. The lowest BCUT2D eigenvalue weighted by atomic mass is 10.2. The first-order valence-electron chi connectivity index (χ1n) is 26.1. The zero-order valence-electron chi connectivity index (χ0n) is 49.2. The molecule has 0 aliphatic rings. The summed E-state index contributed by atoms with van der Waals surface area (Å²) < 4.78 is 46.3. The third-order valence-corrected chi connectivity index (χ3v) is 9.53. The van der Waals surface area contributed by atoms with Gasteiger partial charge in [0.15, 0.2) is 0 Å². The Balaban J connectivity index is 0.00000107. The summed E-state index contributed by atoms with van der Waals surface area (Å²) in [6, 6.07) is 36.8. The molecule has 21 heteroatoms. The molecule has 0 bridgehead atoms. The molecule has 0 unspecified atom stereocenters. The predicted molar refractivity (Wildman–Crippen MR) is 315 cm³/mol. The summed E-state index contributed by atoms with van der Waals surface area (Å²) in [6.45, 7) is 18.4. The molecule has 0 saturated heterocycles. The molecule has 0 heterocycles. The van der Waals surface area contributed by atoms with Gasteiger partial charge in [0.2, 0.25) is 0 Å². The smallest absolute Gasteiger partial charge is 0.408 e. The minimum atomic E-state index is -0.714. The van der Waals surface area contributed by atoms with Crippen LogP contribution in [-0.4, -0.2) is 130 Å². The molecule has 0 aliphatic carbocycles. The van der Waals surface area contributed by atoms with E-state index in [0.29, 0.717) is 39.3 Å². The molecular formula is C61H87ClN4O16. The summed E-state index contributed by atoms with van der Waals surface area (Å²) in [7, 11) is 2.61. The van der Waals surface area contributed by atoms with Crippen LogP contribution in [0.25, 0.3) is 0 Å². The summed E-state index contributed by atoms with van der Waals surface area (Å²) >= 11 is 0. The fourth-order valence-corrected chi connectivity index (χ4v) is 5.92. The van der Waals surface area contributed by atoms with Gasteiger partial charge in [0.25, 0.3) is 0 Å². The Bertz CT molecular complexity index is 2420. The molecule has 6 N–H and O–H groups in total. The predicted octanol–water partition coefficient (Wildman–Crippen LogP) is 8.89. The lowest BCUT2D eigenvalue weighted by Crippen LogP contribution is -2.43. The Morgan fingerprint density at radius 3 is 1.11 bits per heavy atom. The van der Waals surface area contributed by atoms with E-state index in [-0.39, 0.29) is 44.9 Å². The monoisotopic (exact) mass is 1170 g/mol. The van der Waals surface area contributed by atoms with Crippen LogP contribution in [0.1, 0.15) is 84.6 Å². The number of amides is 3. The molecule has 0 aliphatic heterocycles. The van der Waals surface area contributed by atoms with Gasteiger partial charge in [-0.3, -0.25) is 0 Å². The quantitative estimate of drug-likeness (QED) is 0.0179. The highest BCUT2D eigenvalue weighted by Gasteiger charge is 2.22.